The molecular formula is C18H23N5O3. The minimum atomic E-state index is -0.205. The lowest BCUT2D eigenvalue weighted by molar-refractivity contribution is -0.125. The van der Waals surface area contributed by atoms with Crippen LogP contribution in [0, 0.1) is 0 Å². The Morgan fingerprint density at radius 2 is 2.04 bits per heavy atom. The van der Waals surface area contributed by atoms with E-state index in [1.54, 1.807) is 25.3 Å². The molecule has 1 amide bonds. The number of nitrogens with zero attached hydrogens (tertiary/aromatic N) is 4. The molecule has 1 N–H and O–H groups in total. The van der Waals surface area contributed by atoms with Crippen LogP contribution in [-0.4, -0.2) is 29.0 Å². The molecule has 1 rings (SSSR count). The van der Waals surface area contributed by atoms with Crippen LogP contribution in [-0.2, 0) is 27.3 Å². The van der Waals surface area contributed by atoms with Crippen molar-refractivity contribution in [2.45, 2.75) is 45.6 Å². The number of hydrogen-bond donors (Lipinski definition) is 1. The van der Waals surface area contributed by atoms with Crippen molar-refractivity contribution < 1.29 is 14.4 Å². The molecule has 8 nitrogen and oxygen atoms in total. The molecule has 1 aromatic heterocycles. The highest BCUT2D eigenvalue weighted by Crippen LogP contribution is 2.06. The van der Waals surface area contributed by atoms with E-state index in [0.29, 0.717) is 30.7 Å². The fraction of sp³-hybridized carbons (Fsp3) is 0.444. The van der Waals surface area contributed by atoms with Crippen molar-refractivity contribution in [1.82, 2.24) is 10.3 Å². The molecular weight excluding hydrogens is 334 g/mol. The SMILES string of the molecule is C=C(C)C(=O)CCCNC(=O)CCC(=O)Cc1ccc(CN=[N+]=[N-])nc1. The van der Waals surface area contributed by atoms with Crippen LogP contribution >= 0.6 is 0 Å². The van der Waals surface area contributed by atoms with Gasteiger partial charge in [0.05, 0.1) is 6.54 Å². The largest absolute Gasteiger partial charge is 0.356 e. The number of pyridine rings is 1. The van der Waals surface area contributed by atoms with Crippen molar-refractivity contribution in [3.8, 4) is 0 Å². The van der Waals surface area contributed by atoms with Gasteiger partial charge in [-0.15, -0.1) is 0 Å². The molecule has 0 aliphatic rings. The van der Waals surface area contributed by atoms with E-state index >= 15 is 0 Å². The minimum absolute atomic E-state index is 0.00604. The molecule has 8 heteroatoms. The summed E-state index contributed by atoms with van der Waals surface area (Å²) in [4.78, 5) is 41.8. The van der Waals surface area contributed by atoms with Crippen molar-refractivity contribution >= 4 is 17.5 Å². The summed E-state index contributed by atoms with van der Waals surface area (Å²) in [7, 11) is 0. The Morgan fingerprint density at radius 1 is 1.27 bits per heavy atom. The molecule has 0 aliphatic carbocycles. The normalized spacial score (nSPS) is 9.88. The Kier molecular flexibility index (Phi) is 9.35. The monoisotopic (exact) mass is 357 g/mol. The molecule has 0 unspecified atom stereocenters. The van der Waals surface area contributed by atoms with Crippen LogP contribution < -0.4 is 5.32 Å². The number of aromatic nitrogens is 1. The van der Waals surface area contributed by atoms with E-state index in [0.717, 1.165) is 5.56 Å². The van der Waals surface area contributed by atoms with Gasteiger partial charge in [-0.2, -0.15) is 0 Å². The highest BCUT2D eigenvalue weighted by Gasteiger charge is 2.09. The smallest absolute Gasteiger partial charge is 0.220 e. The van der Waals surface area contributed by atoms with E-state index in [-0.39, 0.29) is 43.3 Å². The van der Waals surface area contributed by atoms with E-state index in [4.69, 9.17) is 5.53 Å². The van der Waals surface area contributed by atoms with Gasteiger partial charge < -0.3 is 5.32 Å². The maximum Gasteiger partial charge on any atom is 0.220 e. The predicted octanol–water partition coefficient (Wildman–Crippen LogP) is 2.83. The van der Waals surface area contributed by atoms with Crippen molar-refractivity contribution in [1.29, 1.82) is 0 Å². The van der Waals surface area contributed by atoms with Gasteiger partial charge in [0.25, 0.3) is 0 Å². The van der Waals surface area contributed by atoms with E-state index in [1.165, 1.54) is 0 Å². The van der Waals surface area contributed by atoms with E-state index in [2.05, 4.69) is 26.9 Å². The number of azide groups is 1. The lowest BCUT2D eigenvalue weighted by atomic mass is 10.1. The Hall–Kier alpha value is -2.99. The van der Waals surface area contributed by atoms with Crippen LogP contribution in [0.3, 0.4) is 0 Å². The zero-order chi connectivity index (χ0) is 19.4. The molecule has 0 saturated heterocycles. The van der Waals surface area contributed by atoms with Crippen molar-refractivity contribution in [3.63, 3.8) is 0 Å². The van der Waals surface area contributed by atoms with Crippen LogP contribution in [0.25, 0.3) is 10.4 Å². The fourth-order valence-corrected chi connectivity index (χ4v) is 2.10. The summed E-state index contributed by atoms with van der Waals surface area (Å²) in [6, 6.07) is 3.46. The van der Waals surface area contributed by atoms with Crippen molar-refractivity contribution in [2.24, 2.45) is 5.11 Å². The molecule has 0 fully saturated rings. The Labute approximate surface area is 152 Å². The Morgan fingerprint density at radius 3 is 2.65 bits per heavy atom. The Bertz CT molecular complexity index is 706. The summed E-state index contributed by atoms with van der Waals surface area (Å²) in [5.74, 6) is -0.264. The molecule has 0 saturated carbocycles. The number of ketones is 2. The van der Waals surface area contributed by atoms with Crippen LogP contribution in [0.5, 0.6) is 0 Å². The molecule has 0 bridgehead atoms. The van der Waals surface area contributed by atoms with Gasteiger partial charge in [0, 0.05) is 49.0 Å². The summed E-state index contributed by atoms with van der Waals surface area (Å²) in [5.41, 5.74) is 10.1. The second-order valence-corrected chi connectivity index (χ2v) is 5.92. The second-order valence-electron chi connectivity index (χ2n) is 5.92. The van der Waals surface area contributed by atoms with Crippen LogP contribution in [0.1, 0.15) is 43.9 Å². The third kappa shape index (κ3) is 8.75. The molecule has 0 radical (unpaired) electrons. The van der Waals surface area contributed by atoms with Gasteiger partial charge in [0.2, 0.25) is 5.91 Å². The van der Waals surface area contributed by atoms with Crippen molar-refractivity contribution in [2.75, 3.05) is 6.54 Å². The van der Waals surface area contributed by atoms with Crippen LogP contribution in [0.2, 0.25) is 0 Å². The van der Waals surface area contributed by atoms with Gasteiger partial charge in [-0.05, 0) is 36.1 Å². The number of carbonyl (C=O) groups is 3. The highest BCUT2D eigenvalue weighted by atomic mass is 16.2. The quantitative estimate of drug-likeness (QED) is 0.203. The first kappa shape index (κ1) is 21.1. The Balaban J connectivity index is 2.24. The molecule has 1 aromatic rings. The first-order valence-electron chi connectivity index (χ1n) is 8.34. The van der Waals surface area contributed by atoms with Gasteiger partial charge >= 0.3 is 0 Å². The zero-order valence-electron chi connectivity index (χ0n) is 14.9. The third-order valence-corrected chi connectivity index (χ3v) is 3.59. The predicted molar refractivity (Wildman–Crippen MR) is 97.1 cm³/mol. The molecule has 1 heterocycles. The van der Waals surface area contributed by atoms with Gasteiger partial charge in [0.1, 0.15) is 5.78 Å². The number of allylic oxidation sites excluding steroid dienone is 1. The summed E-state index contributed by atoms with van der Waals surface area (Å²) in [6.45, 7) is 5.81. The second kappa shape index (κ2) is 11.5. The maximum absolute atomic E-state index is 11.9. The number of rotatable bonds is 12. The summed E-state index contributed by atoms with van der Waals surface area (Å²) < 4.78 is 0. The average Bonchev–Trinajstić information content (AvgIpc) is 2.62. The topological polar surface area (TPSA) is 125 Å². The minimum Gasteiger partial charge on any atom is -0.356 e. The standard InChI is InChI=1S/C18H23N5O3/c1-13(2)17(25)4-3-9-20-18(26)8-7-16(24)10-14-5-6-15(21-11-14)12-22-23-19/h5-6,11H,1,3-4,7-10,12H2,2H3,(H,20,26). The molecule has 0 atom stereocenters. The summed E-state index contributed by atoms with van der Waals surface area (Å²) in [5, 5.41) is 6.11. The zero-order valence-corrected chi connectivity index (χ0v) is 14.9. The number of hydrogen-bond acceptors (Lipinski definition) is 5. The van der Waals surface area contributed by atoms with Gasteiger partial charge in [-0.25, -0.2) is 0 Å². The van der Waals surface area contributed by atoms with Crippen molar-refractivity contribution in [3.05, 3.63) is 52.2 Å². The molecule has 138 valence electrons. The fourth-order valence-electron chi connectivity index (χ4n) is 2.10. The molecule has 0 aromatic carbocycles. The highest BCUT2D eigenvalue weighted by molar-refractivity contribution is 5.94. The summed E-state index contributed by atoms with van der Waals surface area (Å²) in [6.07, 6.45) is 2.96. The molecule has 0 aliphatic heterocycles. The average molecular weight is 357 g/mol. The lowest BCUT2D eigenvalue weighted by Gasteiger charge is -2.05. The first-order chi connectivity index (χ1) is 12.4. The van der Waals surface area contributed by atoms with E-state index < -0.39 is 0 Å². The number of amides is 1. The number of Topliss-reactive ketones (excluding diaryl/α,β-unsaturated/α-hetero) is 2. The van der Waals surface area contributed by atoms with Gasteiger partial charge in [0.15, 0.2) is 5.78 Å². The molecule has 0 spiro atoms. The number of nitrogens with one attached hydrogen (secondary N) is 1. The van der Waals surface area contributed by atoms with E-state index in [9.17, 15) is 14.4 Å². The third-order valence-electron chi connectivity index (χ3n) is 3.59. The maximum atomic E-state index is 11.9. The summed E-state index contributed by atoms with van der Waals surface area (Å²) >= 11 is 0. The first-order valence-corrected chi connectivity index (χ1v) is 8.34. The molecule has 26 heavy (non-hydrogen) atoms. The lowest BCUT2D eigenvalue weighted by Crippen LogP contribution is -2.25. The van der Waals surface area contributed by atoms with Gasteiger partial charge in [-0.3, -0.25) is 19.4 Å². The van der Waals surface area contributed by atoms with E-state index in [1.807, 2.05) is 0 Å². The number of carbonyl (C=O) groups excluding carboxylic acids is 3. The van der Waals surface area contributed by atoms with Crippen LogP contribution in [0.4, 0.5) is 0 Å². The van der Waals surface area contributed by atoms with Crippen LogP contribution in [0.15, 0.2) is 35.6 Å². The van der Waals surface area contributed by atoms with Gasteiger partial charge in [-0.1, -0.05) is 17.8 Å².